The van der Waals surface area contributed by atoms with Gasteiger partial charge in [0.15, 0.2) is 0 Å². The van der Waals surface area contributed by atoms with Crippen LogP contribution in [0.5, 0.6) is 0 Å². The molecule has 7 heteroatoms. The number of aromatic nitrogens is 2. The summed E-state index contributed by atoms with van der Waals surface area (Å²) in [6, 6.07) is 7.50. The van der Waals surface area contributed by atoms with E-state index >= 15 is 0 Å². The lowest BCUT2D eigenvalue weighted by molar-refractivity contribution is 0.102. The van der Waals surface area contributed by atoms with Crippen LogP contribution in [0.15, 0.2) is 42.7 Å². The van der Waals surface area contributed by atoms with Gasteiger partial charge in [-0.2, -0.15) is 0 Å². The number of amides is 1. The number of carbonyl (C=O) groups excluding carboxylic acids is 1. The molecule has 21 heavy (non-hydrogen) atoms. The highest BCUT2D eigenvalue weighted by Gasteiger charge is 2.13. The average Bonchev–Trinajstić information content (AvgIpc) is 2.86. The summed E-state index contributed by atoms with van der Waals surface area (Å²) in [5.74, 6) is -0.868. The maximum Gasteiger partial charge on any atom is 0.275 e. The number of nitrogens with zero attached hydrogens (tertiary/aromatic N) is 2. The molecule has 2 heterocycles. The number of hydrogen-bond donors (Lipinski definition) is 1. The van der Waals surface area contributed by atoms with E-state index in [1.807, 2.05) is 0 Å². The number of fused-ring (bicyclic) bond motifs is 1. The van der Waals surface area contributed by atoms with Crippen LogP contribution < -0.4 is 5.32 Å². The van der Waals surface area contributed by atoms with Crippen LogP contribution in [0, 0.1) is 5.82 Å². The van der Waals surface area contributed by atoms with Crippen molar-refractivity contribution in [1.29, 1.82) is 0 Å². The molecule has 0 spiro atoms. The van der Waals surface area contributed by atoms with E-state index in [2.05, 4.69) is 10.3 Å². The van der Waals surface area contributed by atoms with Crippen LogP contribution in [0.1, 0.15) is 10.5 Å². The molecule has 1 amide bonds. The zero-order chi connectivity index (χ0) is 15.0. The Morgan fingerprint density at radius 3 is 2.81 bits per heavy atom. The van der Waals surface area contributed by atoms with Crippen molar-refractivity contribution >= 4 is 40.4 Å². The van der Waals surface area contributed by atoms with Gasteiger partial charge in [0.2, 0.25) is 0 Å². The lowest BCUT2D eigenvalue weighted by Crippen LogP contribution is -2.12. The molecule has 3 rings (SSSR count). The Balaban J connectivity index is 1.91. The Kier molecular flexibility index (Phi) is 3.53. The molecule has 2 aromatic heterocycles. The van der Waals surface area contributed by atoms with E-state index in [4.69, 9.17) is 23.2 Å². The quantitative estimate of drug-likeness (QED) is 0.773. The van der Waals surface area contributed by atoms with E-state index in [1.54, 1.807) is 12.1 Å². The summed E-state index contributed by atoms with van der Waals surface area (Å²) in [6.45, 7) is 0. The fourth-order valence-corrected chi connectivity index (χ4v) is 2.19. The van der Waals surface area contributed by atoms with E-state index in [9.17, 15) is 9.18 Å². The van der Waals surface area contributed by atoms with Crippen LogP contribution in [0.4, 0.5) is 10.1 Å². The molecule has 0 aliphatic rings. The van der Waals surface area contributed by atoms with Crippen molar-refractivity contribution in [1.82, 2.24) is 9.38 Å². The topological polar surface area (TPSA) is 46.4 Å². The summed E-state index contributed by atoms with van der Waals surface area (Å²) >= 11 is 11.8. The van der Waals surface area contributed by atoms with Crippen molar-refractivity contribution in [2.45, 2.75) is 0 Å². The number of carbonyl (C=O) groups is 1. The molecule has 0 aliphatic carbocycles. The Labute approximate surface area is 129 Å². The summed E-state index contributed by atoms with van der Waals surface area (Å²) in [5, 5.41) is 3.43. The van der Waals surface area contributed by atoms with Crippen LogP contribution in [0.2, 0.25) is 10.0 Å². The number of rotatable bonds is 2. The van der Waals surface area contributed by atoms with Gasteiger partial charge in [-0.05, 0) is 30.3 Å². The van der Waals surface area contributed by atoms with Gasteiger partial charge in [0.1, 0.15) is 17.2 Å². The van der Waals surface area contributed by atoms with Gasteiger partial charge in [-0.1, -0.05) is 23.2 Å². The van der Waals surface area contributed by atoms with Crippen molar-refractivity contribution in [3.63, 3.8) is 0 Å². The minimum Gasteiger partial charge on any atom is -0.319 e. The van der Waals surface area contributed by atoms with Gasteiger partial charge in [-0.3, -0.25) is 4.79 Å². The zero-order valence-electron chi connectivity index (χ0n) is 10.5. The maximum atomic E-state index is 13.1. The highest BCUT2D eigenvalue weighted by molar-refractivity contribution is 6.35. The third-order valence-electron chi connectivity index (χ3n) is 2.82. The van der Waals surface area contributed by atoms with Crippen molar-refractivity contribution in [3.8, 4) is 0 Å². The summed E-state index contributed by atoms with van der Waals surface area (Å²) < 4.78 is 14.5. The minimum absolute atomic E-state index is 0.150. The third-order valence-corrected chi connectivity index (χ3v) is 3.39. The first-order valence-electron chi connectivity index (χ1n) is 5.93. The highest BCUT2D eigenvalue weighted by Crippen LogP contribution is 2.25. The number of imidazole rings is 1. The first-order valence-corrected chi connectivity index (χ1v) is 6.69. The predicted molar refractivity (Wildman–Crippen MR) is 79.6 cm³/mol. The molecule has 3 aromatic rings. The smallest absolute Gasteiger partial charge is 0.275 e. The average molecular weight is 324 g/mol. The molecule has 0 unspecified atom stereocenters. The van der Waals surface area contributed by atoms with Crippen molar-refractivity contribution in [3.05, 3.63) is 64.3 Å². The number of halogens is 3. The molecule has 4 nitrogen and oxygen atoms in total. The predicted octanol–water partition coefficient (Wildman–Crippen LogP) is 4.03. The van der Waals surface area contributed by atoms with E-state index in [0.29, 0.717) is 21.4 Å². The van der Waals surface area contributed by atoms with E-state index < -0.39 is 11.7 Å². The van der Waals surface area contributed by atoms with Gasteiger partial charge >= 0.3 is 0 Å². The zero-order valence-corrected chi connectivity index (χ0v) is 12.0. The fraction of sp³-hybridized carbons (Fsp3) is 0. The number of pyridine rings is 1. The standard InChI is InChI=1S/C14H8Cl2FN3O/c15-8-1-3-10(16)11(5-8)19-14(21)12-7-20-6-9(17)2-4-13(20)18-12/h1-7H,(H,19,21). The third kappa shape index (κ3) is 2.84. The Bertz CT molecular complexity index is 847. The molecular weight excluding hydrogens is 316 g/mol. The molecule has 0 saturated carbocycles. The number of anilines is 1. The van der Waals surface area contributed by atoms with Crippen LogP contribution in [0.25, 0.3) is 5.65 Å². The lowest BCUT2D eigenvalue weighted by Gasteiger charge is -2.05. The Morgan fingerprint density at radius 1 is 1.19 bits per heavy atom. The normalized spacial score (nSPS) is 10.8. The van der Waals surface area contributed by atoms with E-state index in [0.717, 1.165) is 0 Å². The molecule has 1 N–H and O–H groups in total. The second-order valence-electron chi connectivity index (χ2n) is 4.32. The van der Waals surface area contributed by atoms with Gasteiger partial charge < -0.3 is 9.72 Å². The number of nitrogens with one attached hydrogen (secondary N) is 1. The molecule has 1 aromatic carbocycles. The van der Waals surface area contributed by atoms with Gasteiger partial charge in [-0.25, -0.2) is 9.37 Å². The van der Waals surface area contributed by atoms with Crippen molar-refractivity contribution in [2.75, 3.05) is 5.32 Å². The van der Waals surface area contributed by atoms with Gasteiger partial charge in [0.25, 0.3) is 5.91 Å². The molecular formula is C14H8Cl2FN3O. The monoisotopic (exact) mass is 323 g/mol. The maximum absolute atomic E-state index is 13.1. The molecule has 0 bridgehead atoms. The van der Waals surface area contributed by atoms with Gasteiger partial charge in [0, 0.05) is 17.4 Å². The second-order valence-corrected chi connectivity index (χ2v) is 5.16. The summed E-state index contributed by atoms with van der Waals surface area (Å²) in [6.07, 6.45) is 2.68. The highest BCUT2D eigenvalue weighted by atomic mass is 35.5. The summed E-state index contributed by atoms with van der Waals surface area (Å²) in [5.41, 5.74) is 1.01. The van der Waals surface area contributed by atoms with Crippen LogP contribution in [0.3, 0.4) is 0 Å². The molecule has 0 fully saturated rings. The SMILES string of the molecule is O=C(Nc1cc(Cl)ccc1Cl)c1cn2cc(F)ccc2n1. The van der Waals surface area contributed by atoms with Gasteiger partial charge in [-0.15, -0.1) is 0 Å². The Morgan fingerprint density at radius 2 is 2.00 bits per heavy atom. The van der Waals surface area contributed by atoms with Crippen LogP contribution in [-0.2, 0) is 0 Å². The first-order chi connectivity index (χ1) is 10.0. The van der Waals surface area contributed by atoms with Crippen LogP contribution in [-0.4, -0.2) is 15.3 Å². The van der Waals surface area contributed by atoms with Crippen molar-refractivity contribution < 1.29 is 9.18 Å². The van der Waals surface area contributed by atoms with E-state index in [-0.39, 0.29) is 5.69 Å². The fourth-order valence-electron chi connectivity index (χ4n) is 1.85. The minimum atomic E-state index is -0.455. The summed E-state index contributed by atoms with van der Waals surface area (Å²) in [7, 11) is 0. The van der Waals surface area contributed by atoms with E-state index in [1.165, 1.54) is 35.0 Å². The Hall–Kier alpha value is -2.11. The number of hydrogen-bond acceptors (Lipinski definition) is 2. The van der Waals surface area contributed by atoms with Crippen LogP contribution >= 0.6 is 23.2 Å². The molecule has 0 aliphatic heterocycles. The molecule has 0 atom stereocenters. The van der Waals surface area contributed by atoms with Gasteiger partial charge in [0.05, 0.1) is 10.7 Å². The van der Waals surface area contributed by atoms with Crippen molar-refractivity contribution in [2.24, 2.45) is 0 Å². The second kappa shape index (κ2) is 5.35. The molecule has 106 valence electrons. The summed E-state index contributed by atoms with van der Waals surface area (Å²) in [4.78, 5) is 16.3. The lowest BCUT2D eigenvalue weighted by atomic mass is 10.3. The molecule has 0 saturated heterocycles. The molecule has 0 radical (unpaired) electrons. The largest absolute Gasteiger partial charge is 0.319 e. The first kappa shape index (κ1) is 13.9. The number of benzene rings is 1.